The molecule has 0 spiro atoms. The molecule has 0 fully saturated rings. The average molecular weight is 264 g/mol. The zero-order valence-corrected chi connectivity index (χ0v) is 11.8. The first-order chi connectivity index (χ1) is 9.76. The van der Waals surface area contributed by atoms with Crippen LogP contribution in [0.25, 0.3) is 12.2 Å². The summed E-state index contributed by atoms with van der Waals surface area (Å²) in [6.07, 6.45) is 4.22. The summed E-state index contributed by atoms with van der Waals surface area (Å²) < 4.78 is 10.9. The second-order valence-electron chi connectivity index (χ2n) is 5.02. The maximum absolute atomic E-state index is 5.63. The van der Waals surface area contributed by atoms with Crippen molar-refractivity contribution in [2.45, 2.75) is 13.4 Å². The molecule has 0 N–H and O–H groups in total. The summed E-state index contributed by atoms with van der Waals surface area (Å²) in [5.74, 6) is 0.878. The van der Waals surface area contributed by atoms with Crippen LogP contribution in [0.4, 0.5) is 0 Å². The first-order valence-corrected chi connectivity index (χ1v) is 6.83. The third-order valence-corrected chi connectivity index (χ3v) is 3.66. The van der Waals surface area contributed by atoms with Crippen LogP contribution in [0.15, 0.2) is 42.5 Å². The van der Waals surface area contributed by atoms with E-state index in [4.69, 9.17) is 9.39 Å². The molecule has 0 saturated carbocycles. The van der Waals surface area contributed by atoms with E-state index in [9.17, 15) is 0 Å². The second kappa shape index (κ2) is 5.55. The Labute approximate surface area is 120 Å². The Morgan fingerprint density at radius 3 is 2.70 bits per heavy atom. The van der Waals surface area contributed by atoms with Crippen LogP contribution in [-0.4, -0.2) is 14.0 Å². The lowest BCUT2D eigenvalue weighted by Crippen LogP contribution is -2.23. The molecule has 2 aromatic carbocycles. The minimum Gasteiger partial charge on any atom is -0.497 e. The van der Waals surface area contributed by atoms with Crippen molar-refractivity contribution < 1.29 is 9.39 Å². The van der Waals surface area contributed by atoms with Crippen LogP contribution in [0.3, 0.4) is 0 Å². The minimum atomic E-state index is 0.224. The summed E-state index contributed by atoms with van der Waals surface area (Å²) in [5, 5.41) is 0. The van der Waals surface area contributed by atoms with Gasteiger partial charge >= 0.3 is 6.92 Å². The van der Waals surface area contributed by atoms with Crippen molar-refractivity contribution in [3.63, 3.8) is 0 Å². The monoisotopic (exact) mass is 264 g/mol. The van der Waals surface area contributed by atoms with E-state index in [0.717, 1.165) is 17.9 Å². The number of ether oxygens (including phenoxy) is 1. The van der Waals surface area contributed by atoms with Crippen molar-refractivity contribution in [2.24, 2.45) is 0 Å². The van der Waals surface area contributed by atoms with Crippen molar-refractivity contribution in [2.75, 3.05) is 7.11 Å². The Morgan fingerprint density at radius 2 is 1.90 bits per heavy atom. The number of fused-ring (bicyclic) bond motifs is 1. The molecule has 1 heterocycles. The van der Waals surface area contributed by atoms with Gasteiger partial charge in [0, 0.05) is 0 Å². The van der Waals surface area contributed by atoms with Gasteiger partial charge in [-0.3, -0.25) is 0 Å². The molecule has 0 aliphatic carbocycles. The van der Waals surface area contributed by atoms with Gasteiger partial charge in [-0.25, -0.2) is 0 Å². The molecule has 0 unspecified atom stereocenters. The van der Waals surface area contributed by atoms with Gasteiger partial charge in [0.15, 0.2) is 0 Å². The Hall–Kier alpha value is -2.00. The van der Waals surface area contributed by atoms with E-state index in [0.29, 0.717) is 0 Å². The number of methoxy groups -OCH3 is 1. The summed E-state index contributed by atoms with van der Waals surface area (Å²) in [4.78, 5) is 0. The highest BCUT2D eigenvalue weighted by Crippen LogP contribution is 2.17. The van der Waals surface area contributed by atoms with E-state index < -0.39 is 0 Å². The summed E-state index contributed by atoms with van der Waals surface area (Å²) in [5.41, 5.74) is 4.94. The Bertz CT molecular complexity index is 649. The summed E-state index contributed by atoms with van der Waals surface area (Å²) in [6, 6.07) is 14.5. The fourth-order valence-electron chi connectivity index (χ4n) is 2.49. The molecule has 0 aromatic heterocycles. The van der Waals surface area contributed by atoms with Crippen LogP contribution in [0.5, 0.6) is 5.75 Å². The molecule has 0 bridgehead atoms. The van der Waals surface area contributed by atoms with E-state index in [1.54, 1.807) is 7.11 Å². The molecule has 0 radical (unpaired) electrons. The van der Waals surface area contributed by atoms with Gasteiger partial charge in [0.1, 0.15) is 5.75 Å². The highest BCUT2D eigenvalue weighted by Gasteiger charge is 2.22. The van der Waals surface area contributed by atoms with E-state index >= 15 is 0 Å². The lowest BCUT2D eigenvalue weighted by molar-refractivity contribution is 0.333. The number of rotatable bonds is 3. The van der Waals surface area contributed by atoms with Crippen LogP contribution >= 0.6 is 0 Å². The van der Waals surface area contributed by atoms with Gasteiger partial charge in [-0.05, 0) is 40.4 Å². The molecule has 2 nitrogen and oxygen atoms in total. The molecular formula is C17H17BO2. The minimum absolute atomic E-state index is 0.224. The quantitative estimate of drug-likeness (QED) is 0.626. The van der Waals surface area contributed by atoms with Gasteiger partial charge in [0.25, 0.3) is 0 Å². The zero-order chi connectivity index (χ0) is 13.9. The van der Waals surface area contributed by atoms with E-state index in [1.807, 2.05) is 18.2 Å². The fraction of sp³-hybridized carbons (Fsp3) is 0.176. The standard InChI is InChI=1S/C17H17BO2/c1-18-17-9-8-14(10-15(17)12-20-18)7-6-13-4-3-5-16(11-13)19-2/h3-11H,12H2,1-2H3/b7-6+. The van der Waals surface area contributed by atoms with Crippen LogP contribution in [0, 0.1) is 0 Å². The smallest absolute Gasteiger partial charge is 0.324 e. The normalized spacial score (nSPS) is 13.8. The van der Waals surface area contributed by atoms with Crippen LogP contribution in [0.1, 0.15) is 16.7 Å². The third-order valence-electron chi connectivity index (χ3n) is 3.66. The fourth-order valence-corrected chi connectivity index (χ4v) is 2.49. The van der Waals surface area contributed by atoms with Crippen LogP contribution in [0.2, 0.25) is 6.82 Å². The lowest BCUT2D eigenvalue weighted by atomic mass is 9.64. The molecule has 0 saturated heterocycles. The van der Waals surface area contributed by atoms with E-state index in [1.165, 1.54) is 16.6 Å². The predicted molar refractivity (Wildman–Crippen MR) is 84.4 cm³/mol. The van der Waals surface area contributed by atoms with Gasteiger partial charge < -0.3 is 9.39 Å². The Kier molecular flexibility index (Phi) is 3.61. The molecule has 1 aliphatic rings. The summed E-state index contributed by atoms with van der Waals surface area (Å²) in [7, 11) is 1.69. The molecule has 2 aromatic rings. The zero-order valence-electron chi connectivity index (χ0n) is 11.8. The van der Waals surface area contributed by atoms with Crippen molar-refractivity contribution in [1.29, 1.82) is 0 Å². The van der Waals surface area contributed by atoms with E-state index in [-0.39, 0.29) is 6.92 Å². The number of hydrogen-bond donors (Lipinski definition) is 0. The maximum Gasteiger partial charge on any atom is 0.324 e. The van der Waals surface area contributed by atoms with Crippen molar-refractivity contribution in [1.82, 2.24) is 0 Å². The maximum atomic E-state index is 5.63. The number of benzene rings is 2. The van der Waals surface area contributed by atoms with Crippen molar-refractivity contribution in [3.05, 3.63) is 59.2 Å². The SMILES string of the molecule is COc1cccc(/C=C/c2ccc3c(c2)COB3C)c1. The molecular weight excluding hydrogens is 247 g/mol. The molecule has 20 heavy (non-hydrogen) atoms. The van der Waals surface area contributed by atoms with Gasteiger partial charge in [-0.15, -0.1) is 0 Å². The molecule has 3 heteroatoms. The lowest BCUT2D eigenvalue weighted by Gasteiger charge is -2.02. The molecule has 100 valence electrons. The molecule has 1 aliphatic heterocycles. The average Bonchev–Trinajstić information content (AvgIpc) is 2.86. The van der Waals surface area contributed by atoms with Gasteiger partial charge in [0.2, 0.25) is 0 Å². The van der Waals surface area contributed by atoms with Crippen LogP contribution < -0.4 is 10.2 Å². The first kappa shape index (κ1) is 13.0. The van der Waals surface area contributed by atoms with Crippen LogP contribution in [-0.2, 0) is 11.3 Å². The molecule has 0 atom stereocenters. The second-order valence-corrected chi connectivity index (χ2v) is 5.02. The Morgan fingerprint density at radius 1 is 1.10 bits per heavy atom. The van der Waals surface area contributed by atoms with Gasteiger partial charge in [0.05, 0.1) is 13.7 Å². The van der Waals surface area contributed by atoms with Crippen molar-refractivity contribution >= 4 is 24.5 Å². The van der Waals surface area contributed by atoms with Gasteiger partial charge in [-0.1, -0.05) is 43.2 Å². The van der Waals surface area contributed by atoms with E-state index in [2.05, 4.69) is 43.2 Å². The summed E-state index contributed by atoms with van der Waals surface area (Å²) in [6.45, 7) is 3.04. The highest BCUT2D eigenvalue weighted by molar-refractivity contribution is 6.67. The number of hydrogen-bond acceptors (Lipinski definition) is 2. The first-order valence-electron chi connectivity index (χ1n) is 6.83. The largest absolute Gasteiger partial charge is 0.497 e. The third kappa shape index (κ3) is 2.63. The molecule has 3 rings (SSSR count). The highest BCUT2D eigenvalue weighted by atomic mass is 16.5. The summed E-state index contributed by atoms with van der Waals surface area (Å²) >= 11 is 0. The Balaban J connectivity index is 1.82. The van der Waals surface area contributed by atoms with Crippen molar-refractivity contribution in [3.8, 4) is 5.75 Å². The predicted octanol–water partition coefficient (Wildman–Crippen LogP) is 3.22. The topological polar surface area (TPSA) is 18.5 Å². The van der Waals surface area contributed by atoms with Gasteiger partial charge in [-0.2, -0.15) is 0 Å². The molecule has 0 amide bonds.